The van der Waals surface area contributed by atoms with Gasteiger partial charge in [0.05, 0.1) is 12.1 Å². The normalized spacial score (nSPS) is 11.7. The average Bonchev–Trinajstić information content (AvgIpc) is 2.84. The molecule has 0 fully saturated rings. The van der Waals surface area contributed by atoms with E-state index in [0.717, 1.165) is 19.4 Å². The van der Waals surface area contributed by atoms with Crippen molar-refractivity contribution in [3.05, 3.63) is 23.7 Å². The summed E-state index contributed by atoms with van der Waals surface area (Å²) in [6, 6.07) is 1.56. The monoisotopic (exact) mass is 271 g/mol. The molecule has 4 nitrogen and oxygen atoms in total. The van der Waals surface area contributed by atoms with Gasteiger partial charge in [-0.3, -0.25) is 0 Å². The van der Waals surface area contributed by atoms with Gasteiger partial charge in [-0.05, 0) is 25.2 Å². The zero-order chi connectivity index (χ0) is 13.6. The van der Waals surface area contributed by atoms with Crippen molar-refractivity contribution in [2.24, 2.45) is 0 Å². The molecule has 1 heterocycles. The van der Waals surface area contributed by atoms with E-state index in [1.54, 1.807) is 6.07 Å². The van der Waals surface area contributed by atoms with E-state index in [-0.39, 0.29) is 10.3 Å². The van der Waals surface area contributed by atoms with Crippen LogP contribution in [0.1, 0.15) is 42.8 Å². The molecule has 0 amide bonds. The summed E-state index contributed by atoms with van der Waals surface area (Å²) < 4.78 is 5.44. The molecule has 0 aliphatic carbocycles. The van der Waals surface area contributed by atoms with Gasteiger partial charge in [0.2, 0.25) is 0 Å². The van der Waals surface area contributed by atoms with Crippen LogP contribution in [-0.2, 0) is 6.54 Å². The van der Waals surface area contributed by atoms with Crippen LogP contribution in [-0.4, -0.2) is 28.6 Å². The zero-order valence-electron chi connectivity index (χ0n) is 11.2. The highest BCUT2D eigenvalue weighted by Crippen LogP contribution is 2.29. The lowest BCUT2D eigenvalue weighted by atomic mass is 10.0. The smallest absolute Gasteiger partial charge is 0.338 e. The lowest BCUT2D eigenvalue weighted by Crippen LogP contribution is -2.36. The Morgan fingerprint density at radius 1 is 1.50 bits per heavy atom. The van der Waals surface area contributed by atoms with E-state index in [0.29, 0.717) is 12.3 Å². The van der Waals surface area contributed by atoms with Gasteiger partial charge in [-0.25, -0.2) is 4.79 Å². The van der Waals surface area contributed by atoms with E-state index in [2.05, 4.69) is 25.4 Å². The van der Waals surface area contributed by atoms with Gasteiger partial charge >= 0.3 is 5.97 Å². The van der Waals surface area contributed by atoms with Crippen molar-refractivity contribution in [3.63, 3.8) is 0 Å². The van der Waals surface area contributed by atoms with Crippen LogP contribution in [0.25, 0.3) is 0 Å². The molecular formula is C13H21NO3S. The summed E-state index contributed by atoms with van der Waals surface area (Å²) in [7, 11) is 0. The minimum Gasteiger partial charge on any atom is -0.478 e. The van der Waals surface area contributed by atoms with Crippen LogP contribution in [0.2, 0.25) is 0 Å². The van der Waals surface area contributed by atoms with Crippen LogP contribution >= 0.6 is 11.8 Å². The Bertz CT molecular complexity index is 377. The molecule has 0 spiro atoms. The van der Waals surface area contributed by atoms with Crippen molar-refractivity contribution in [3.8, 4) is 0 Å². The summed E-state index contributed by atoms with van der Waals surface area (Å²) in [4.78, 5) is 10.7. The van der Waals surface area contributed by atoms with Crippen molar-refractivity contribution >= 4 is 17.7 Å². The number of nitrogens with one attached hydrogen (secondary N) is 1. The fraction of sp³-hybridized carbons (Fsp3) is 0.615. The number of carboxylic acids is 1. The second kappa shape index (κ2) is 6.85. The number of carbonyl (C=O) groups is 1. The SMILES string of the molecule is CCC(CC)(CNCc1cc(C(=O)O)co1)SC. The Kier molecular flexibility index (Phi) is 5.75. The first-order valence-corrected chi connectivity index (χ1v) is 7.36. The second-order valence-corrected chi connectivity index (χ2v) is 5.58. The molecule has 1 aromatic heterocycles. The molecular weight excluding hydrogens is 250 g/mol. The number of rotatable bonds is 8. The molecule has 0 aromatic carbocycles. The fourth-order valence-corrected chi connectivity index (χ4v) is 2.68. The molecule has 1 rings (SSSR count). The highest BCUT2D eigenvalue weighted by atomic mass is 32.2. The van der Waals surface area contributed by atoms with Crippen molar-refractivity contribution in [1.82, 2.24) is 5.32 Å². The highest BCUT2D eigenvalue weighted by molar-refractivity contribution is 8.00. The Hall–Kier alpha value is -0.940. The molecule has 0 aliphatic rings. The Labute approximate surface area is 112 Å². The largest absolute Gasteiger partial charge is 0.478 e. The molecule has 102 valence electrons. The van der Waals surface area contributed by atoms with Gasteiger partial charge in [-0.15, -0.1) is 0 Å². The van der Waals surface area contributed by atoms with Crippen LogP contribution < -0.4 is 5.32 Å². The second-order valence-electron chi connectivity index (χ2n) is 4.30. The number of aromatic carboxylic acids is 1. The Morgan fingerprint density at radius 2 is 2.17 bits per heavy atom. The van der Waals surface area contributed by atoms with Crippen LogP contribution in [0.4, 0.5) is 0 Å². The maximum atomic E-state index is 10.7. The van der Waals surface area contributed by atoms with Crippen LogP contribution in [0.5, 0.6) is 0 Å². The van der Waals surface area contributed by atoms with Crippen molar-refractivity contribution in [1.29, 1.82) is 0 Å². The third kappa shape index (κ3) is 3.78. The van der Waals surface area contributed by atoms with Gasteiger partial charge in [-0.2, -0.15) is 11.8 Å². The van der Waals surface area contributed by atoms with Crippen LogP contribution in [0, 0.1) is 0 Å². The van der Waals surface area contributed by atoms with Crippen LogP contribution in [0.15, 0.2) is 16.7 Å². The molecule has 0 bridgehead atoms. The van der Waals surface area contributed by atoms with Gasteiger partial charge in [0.1, 0.15) is 12.0 Å². The Morgan fingerprint density at radius 3 is 2.61 bits per heavy atom. The highest BCUT2D eigenvalue weighted by Gasteiger charge is 2.24. The molecule has 2 N–H and O–H groups in total. The van der Waals surface area contributed by atoms with Gasteiger partial charge < -0.3 is 14.8 Å². The standard InChI is InChI=1S/C13H21NO3S/c1-4-13(5-2,18-3)9-14-7-11-6-10(8-17-11)12(15)16/h6,8,14H,4-5,7,9H2,1-3H3,(H,15,16). The minimum absolute atomic E-state index is 0.203. The lowest BCUT2D eigenvalue weighted by Gasteiger charge is -2.29. The van der Waals surface area contributed by atoms with E-state index in [9.17, 15) is 4.79 Å². The average molecular weight is 271 g/mol. The molecule has 0 saturated heterocycles. The fourth-order valence-electron chi connectivity index (χ4n) is 1.86. The first-order valence-electron chi connectivity index (χ1n) is 6.13. The van der Waals surface area contributed by atoms with Gasteiger partial charge in [-0.1, -0.05) is 13.8 Å². The predicted molar refractivity (Wildman–Crippen MR) is 74.2 cm³/mol. The van der Waals surface area contributed by atoms with Gasteiger partial charge in [0.25, 0.3) is 0 Å². The van der Waals surface area contributed by atoms with Gasteiger partial charge in [0, 0.05) is 11.3 Å². The molecule has 18 heavy (non-hydrogen) atoms. The quantitative estimate of drug-likeness (QED) is 0.761. The maximum Gasteiger partial charge on any atom is 0.338 e. The molecule has 1 aromatic rings. The number of thioether (sulfide) groups is 1. The van der Waals surface area contributed by atoms with E-state index >= 15 is 0 Å². The number of carboxylic acid groups (broad SMARTS) is 1. The molecule has 0 radical (unpaired) electrons. The van der Waals surface area contributed by atoms with E-state index in [1.807, 2.05) is 11.8 Å². The summed E-state index contributed by atoms with van der Waals surface area (Å²) in [5.74, 6) is -0.291. The first kappa shape index (κ1) is 15.1. The number of furan rings is 1. The van der Waals surface area contributed by atoms with E-state index < -0.39 is 5.97 Å². The number of hydrogen-bond acceptors (Lipinski definition) is 4. The third-order valence-electron chi connectivity index (χ3n) is 3.37. The summed E-state index contributed by atoms with van der Waals surface area (Å²) in [6.45, 7) is 5.84. The van der Waals surface area contributed by atoms with Gasteiger partial charge in [0.15, 0.2) is 0 Å². The topological polar surface area (TPSA) is 62.5 Å². The van der Waals surface area contributed by atoms with E-state index in [4.69, 9.17) is 9.52 Å². The summed E-state index contributed by atoms with van der Waals surface area (Å²) in [6.07, 6.45) is 5.62. The molecule has 0 atom stereocenters. The third-order valence-corrected chi connectivity index (χ3v) is 4.96. The van der Waals surface area contributed by atoms with E-state index in [1.165, 1.54) is 6.26 Å². The summed E-state index contributed by atoms with van der Waals surface area (Å²) in [5.41, 5.74) is 0.203. The maximum absolute atomic E-state index is 10.7. The summed E-state index contributed by atoms with van der Waals surface area (Å²) >= 11 is 1.88. The molecule has 5 heteroatoms. The number of hydrogen-bond donors (Lipinski definition) is 2. The molecule has 0 saturated carbocycles. The molecule has 0 aliphatic heterocycles. The Balaban J connectivity index is 2.47. The molecule has 0 unspecified atom stereocenters. The minimum atomic E-state index is -0.953. The zero-order valence-corrected chi connectivity index (χ0v) is 12.0. The lowest BCUT2D eigenvalue weighted by molar-refractivity contribution is 0.0696. The first-order chi connectivity index (χ1) is 8.56. The van der Waals surface area contributed by atoms with Crippen molar-refractivity contribution in [2.45, 2.75) is 38.0 Å². The predicted octanol–water partition coefficient (Wildman–Crippen LogP) is 2.99. The van der Waals surface area contributed by atoms with Crippen molar-refractivity contribution < 1.29 is 14.3 Å². The summed E-state index contributed by atoms with van der Waals surface area (Å²) in [5, 5.41) is 12.1. The van der Waals surface area contributed by atoms with Crippen molar-refractivity contribution in [2.75, 3.05) is 12.8 Å². The van der Waals surface area contributed by atoms with Crippen LogP contribution in [0.3, 0.4) is 0 Å².